The molecule has 2 rings (SSSR count). The molecule has 1 N–H and O–H groups in total. The molecule has 0 unspecified atom stereocenters. The minimum Gasteiger partial charge on any atom is -0.492 e. The van der Waals surface area contributed by atoms with Crippen molar-refractivity contribution >= 4 is 5.91 Å². The largest absolute Gasteiger partial charge is 0.492 e. The molecule has 0 atom stereocenters. The number of carbonyl (C=O) groups excluding carboxylic acids is 1. The maximum absolute atomic E-state index is 11.9. The molecule has 3 heteroatoms. The van der Waals surface area contributed by atoms with Gasteiger partial charge in [0.1, 0.15) is 12.4 Å². The number of aryl methyl sites for hydroxylation is 1. The van der Waals surface area contributed by atoms with E-state index in [1.165, 1.54) is 11.1 Å². The lowest BCUT2D eigenvalue weighted by atomic mass is 10.0. The number of hydrogen-bond donors (Lipinski definition) is 1. The Hall–Kier alpha value is -2.29. The van der Waals surface area contributed by atoms with E-state index in [1.54, 1.807) is 0 Å². The summed E-state index contributed by atoms with van der Waals surface area (Å²) in [4.78, 5) is 11.9. The van der Waals surface area contributed by atoms with Crippen molar-refractivity contribution in [3.05, 3.63) is 65.2 Å². The van der Waals surface area contributed by atoms with Gasteiger partial charge in [-0.2, -0.15) is 0 Å². The first kappa shape index (κ1) is 17.1. The fourth-order valence-electron chi connectivity index (χ4n) is 2.28. The molecule has 0 bridgehead atoms. The molecular formula is C20H25NO2. The highest BCUT2D eigenvalue weighted by molar-refractivity contribution is 5.78. The van der Waals surface area contributed by atoms with Crippen LogP contribution in [0.25, 0.3) is 0 Å². The van der Waals surface area contributed by atoms with Gasteiger partial charge in [0.15, 0.2) is 0 Å². The fourth-order valence-corrected chi connectivity index (χ4v) is 2.28. The van der Waals surface area contributed by atoms with Crippen molar-refractivity contribution in [2.75, 3.05) is 13.2 Å². The standard InChI is InChI=1S/C20H25NO2/c1-15(2)18-5-4-6-19(14-18)23-12-11-21-20(22)13-17-9-7-16(3)8-10-17/h4-10,14-15H,11-13H2,1-3H3,(H,21,22). The quantitative estimate of drug-likeness (QED) is 0.789. The van der Waals surface area contributed by atoms with Gasteiger partial charge in [-0.1, -0.05) is 55.8 Å². The lowest BCUT2D eigenvalue weighted by Crippen LogP contribution is -2.29. The molecule has 0 saturated carbocycles. The first-order valence-corrected chi connectivity index (χ1v) is 8.09. The average Bonchev–Trinajstić information content (AvgIpc) is 2.54. The van der Waals surface area contributed by atoms with E-state index in [0.29, 0.717) is 25.5 Å². The Bertz CT molecular complexity index is 632. The number of nitrogens with one attached hydrogen (secondary N) is 1. The fraction of sp³-hybridized carbons (Fsp3) is 0.350. The number of carbonyl (C=O) groups is 1. The second-order valence-electron chi connectivity index (χ2n) is 6.09. The molecule has 2 aromatic carbocycles. The van der Waals surface area contributed by atoms with Gasteiger partial charge in [-0.25, -0.2) is 0 Å². The maximum atomic E-state index is 11.9. The van der Waals surface area contributed by atoms with E-state index in [4.69, 9.17) is 4.74 Å². The van der Waals surface area contributed by atoms with Gasteiger partial charge in [-0.3, -0.25) is 4.79 Å². The van der Waals surface area contributed by atoms with Crippen molar-refractivity contribution in [2.45, 2.75) is 33.1 Å². The Morgan fingerprint density at radius 3 is 2.57 bits per heavy atom. The van der Waals surface area contributed by atoms with Crippen molar-refractivity contribution in [3.63, 3.8) is 0 Å². The summed E-state index contributed by atoms with van der Waals surface area (Å²) in [6, 6.07) is 16.1. The second-order valence-corrected chi connectivity index (χ2v) is 6.09. The van der Waals surface area contributed by atoms with Gasteiger partial charge >= 0.3 is 0 Å². The highest BCUT2D eigenvalue weighted by Gasteiger charge is 2.04. The van der Waals surface area contributed by atoms with Crippen molar-refractivity contribution in [3.8, 4) is 5.75 Å². The predicted octanol–water partition coefficient (Wildman–Crippen LogP) is 3.86. The van der Waals surface area contributed by atoms with Gasteiger partial charge in [-0.05, 0) is 36.1 Å². The second kappa shape index (κ2) is 8.37. The molecule has 0 radical (unpaired) electrons. The van der Waals surface area contributed by atoms with Crippen molar-refractivity contribution in [1.82, 2.24) is 5.32 Å². The minimum absolute atomic E-state index is 0.0217. The molecule has 0 aliphatic rings. The summed E-state index contributed by atoms with van der Waals surface area (Å²) in [5.41, 5.74) is 3.48. The Morgan fingerprint density at radius 2 is 1.87 bits per heavy atom. The van der Waals surface area contributed by atoms with Crippen LogP contribution < -0.4 is 10.1 Å². The smallest absolute Gasteiger partial charge is 0.224 e. The lowest BCUT2D eigenvalue weighted by Gasteiger charge is -2.10. The molecule has 0 aromatic heterocycles. The summed E-state index contributed by atoms with van der Waals surface area (Å²) < 4.78 is 5.70. The Labute approximate surface area is 138 Å². The third-order valence-corrected chi connectivity index (χ3v) is 3.70. The Balaban J connectivity index is 1.71. The molecule has 0 aliphatic heterocycles. The molecule has 23 heavy (non-hydrogen) atoms. The van der Waals surface area contributed by atoms with Crippen LogP contribution in [0.2, 0.25) is 0 Å². The number of amides is 1. The van der Waals surface area contributed by atoms with E-state index < -0.39 is 0 Å². The van der Waals surface area contributed by atoms with Crippen molar-refractivity contribution < 1.29 is 9.53 Å². The number of ether oxygens (including phenoxy) is 1. The van der Waals surface area contributed by atoms with Gasteiger partial charge in [0.25, 0.3) is 0 Å². The van der Waals surface area contributed by atoms with Crippen LogP contribution in [0.5, 0.6) is 5.75 Å². The van der Waals surface area contributed by atoms with E-state index in [0.717, 1.165) is 11.3 Å². The molecule has 0 heterocycles. The molecule has 1 amide bonds. The normalized spacial score (nSPS) is 10.6. The maximum Gasteiger partial charge on any atom is 0.224 e. The Kier molecular flexibility index (Phi) is 6.21. The topological polar surface area (TPSA) is 38.3 Å². The van der Waals surface area contributed by atoms with Crippen LogP contribution in [0.1, 0.15) is 36.5 Å². The van der Waals surface area contributed by atoms with Crippen LogP contribution in [0, 0.1) is 6.92 Å². The van der Waals surface area contributed by atoms with E-state index in [2.05, 4.69) is 31.3 Å². The van der Waals surface area contributed by atoms with Gasteiger partial charge in [0.2, 0.25) is 5.91 Å². The summed E-state index contributed by atoms with van der Waals surface area (Å²) in [5, 5.41) is 2.89. The van der Waals surface area contributed by atoms with Crippen LogP contribution in [-0.4, -0.2) is 19.1 Å². The monoisotopic (exact) mass is 311 g/mol. The van der Waals surface area contributed by atoms with E-state index in [9.17, 15) is 4.79 Å². The number of benzene rings is 2. The summed E-state index contributed by atoms with van der Waals surface area (Å²) in [6.07, 6.45) is 0.406. The molecule has 0 fully saturated rings. The van der Waals surface area contributed by atoms with Crippen LogP contribution in [0.4, 0.5) is 0 Å². The molecular weight excluding hydrogens is 286 g/mol. The van der Waals surface area contributed by atoms with Crippen LogP contribution >= 0.6 is 0 Å². The van der Waals surface area contributed by atoms with Gasteiger partial charge in [0.05, 0.1) is 13.0 Å². The molecule has 3 nitrogen and oxygen atoms in total. The summed E-state index contributed by atoms with van der Waals surface area (Å²) >= 11 is 0. The summed E-state index contributed by atoms with van der Waals surface area (Å²) in [7, 11) is 0. The van der Waals surface area contributed by atoms with E-state index in [-0.39, 0.29) is 5.91 Å². The lowest BCUT2D eigenvalue weighted by molar-refractivity contribution is -0.120. The van der Waals surface area contributed by atoms with Gasteiger partial charge in [-0.15, -0.1) is 0 Å². The van der Waals surface area contributed by atoms with E-state index in [1.807, 2.05) is 43.3 Å². The third-order valence-electron chi connectivity index (χ3n) is 3.70. The molecule has 0 saturated heterocycles. The minimum atomic E-state index is 0.0217. The highest BCUT2D eigenvalue weighted by atomic mass is 16.5. The van der Waals surface area contributed by atoms with Gasteiger partial charge in [0, 0.05) is 0 Å². The molecule has 2 aromatic rings. The van der Waals surface area contributed by atoms with Crippen LogP contribution in [-0.2, 0) is 11.2 Å². The van der Waals surface area contributed by atoms with Gasteiger partial charge < -0.3 is 10.1 Å². The Morgan fingerprint density at radius 1 is 1.13 bits per heavy atom. The highest BCUT2D eigenvalue weighted by Crippen LogP contribution is 2.19. The van der Waals surface area contributed by atoms with Crippen molar-refractivity contribution in [1.29, 1.82) is 0 Å². The summed E-state index contributed by atoms with van der Waals surface area (Å²) in [5.74, 6) is 1.35. The van der Waals surface area contributed by atoms with Crippen LogP contribution in [0.3, 0.4) is 0 Å². The average molecular weight is 311 g/mol. The zero-order valence-electron chi connectivity index (χ0n) is 14.1. The molecule has 0 spiro atoms. The number of rotatable bonds is 7. The zero-order valence-corrected chi connectivity index (χ0v) is 14.1. The predicted molar refractivity (Wildman–Crippen MR) is 93.9 cm³/mol. The third kappa shape index (κ3) is 5.78. The number of hydrogen-bond acceptors (Lipinski definition) is 2. The van der Waals surface area contributed by atoms with E-state index >= 15 is 0 Å². The first-order chi connectivity index (χ1) is 11.0. The first-order valence-electron chi connectivity index (χ1n) is 8.09. The SMILES string of the molecule is Cc1ccc(CC(=O)NCCOc2cccc(C(C)C)c2)cc1. The summed E-state index contributed by atoms with van der Waals surface area (Å²) in [6.45, 7) is 7.34. The van der Waals surface area contributed by atoms with Crippen LogP contribution in [0.15, 0.2) is 48.5 Å². The van der Waals surface area contributed by atoms with Crippen molar-refractivity contribution in [2.24, 2.45) is 0 Å². The zero-order chi connectivity index (χ0) is 16.7. The molecule has 122 valence electrons. The molecule has 0 aliphatic carbocycles.